The van der Waals surface area contributed by atoms with Gasteiger partial charge in [-0.05, 0) is 30.4 Å². The normalized spacial score (nSPS) is 18.2. The highest BCUT2D eigenvalue weighted by atomic mass is 16.3. The summed E-state index contributed by atoms with van der Waals surface area (Å²) in [5.74, 6) is -0.844. The summed E-state index contributed by atoms with van der Waals surface area (Å²) in [5, 5.41) is 11.1. The Hall–Kier alpha value is -2.88. The lowest BCUT2D eigenvalue weighted by molar-refractivity contribution is -0.139. The third kappa shape index (κ3) is 4.90. The predicted molar refractivity (Wildman–Crippen MR) is 125 cm³/mol. The summed E-state index contributed by atoms with van der Waals surface area (Å²) in [5.41, 5.74) is 3.85. The van der Waals surface area contributed by atoms with Crippen LogP contribution in [0.15, 0.2) is 54.1 Å². The number of hydrogen-bond donors (Lipinski definition) is 1. The first-order valence-electron chi connectivity index (χ1n) is 11.3. The molecule has 1 aliphatic rings. The zero-order valence-electron chi connectivity index (χ0n) is 19.0. The smallest absolute Gasteiger partial charge is 0.295 e. The van der Waals surface area contributed by atoms with Crippen molar-refractivity contribution < 1.29 is 14.7 Å². The van der Waals surface area contributed by atoms with E-state index < -0.39 is 17.7 Å². The number of benzene rings is 2. The van der Waals surface area contributed by atoms with E-state index in [1.165, 1.54) is 5.56 Å². The molecule has 1 aliphatic heterocycles. The zero-order valence-corrected chi connectivity index (χ0v) is 19.0. The van der Waals surface area contributed by atoms with Crippen LogP contribution in [0.1, 0.15) is 80.7 Å². The van der Waals surface area contributed by atoms with Gasteiger partial charge in [0.1, 0.15) is 5.76 Å². The lowest BCUT2D eigenvalue weighted by atomic mass is 9.93. The quantitative estimate of drug-likeness (QED) is 0.243. The molecule has 1 N–H and O–H groups in total. The summed E-state index contributed by atoms with van der Waals surface area (Å²) in [4.78, 5) is 27.6. The van der Waals surface area contributed by atoms with Crippen molar-refractivity contribution in [2.75, 3.05) is 6.54 Å². The Morgan fingerprint density at radius 3 is 2.19 bits per heavy atom. The lowest BCUT2D eigenvalue weighted by Crippen LogP contribution is -2.30. The summed E-state index contributed by atoms with van der Waals surface area (Å²) in [6, 6.07) is 14.8. The van der Waals surface area contributed by atoms with Crippen molar-refractivity contribution in [3.8, 4) is 0 Å². The highest BCUT2D eigenvalue weighted by molar-refractivity contribution is 6.46. The minimum atomic E-state index is -0.605. The molecule has 1 unspecified atom stereocenters. The number of unbranched alkanes of at least 4 members (excludes halogenated alkanes) is 3. The number of nitrogens with zero attached hydrogens (tertiary/aromatic N) is 1. The van der Waals surface area contributed by atoms with E-state index in [0.29, 0.717) is 18.0 Å². The van der Waals surface area contributed by atoms with Gasteiger partial charge in [0.05, 0.1) is 11.6 Å². The molecule has 1 heterocycles. The van der Waals surface area contributed by atoms with E-state index >= 15 is 0 Å². The third-order valence-corrected chi connectivity index (χ3v) is 6.04. The van der Waals surface area contributed by atoms with Crippen LogP contribution in [-0.4, -0.2) is 28.2 Å². The number of rotatable bonds is 8. The van der Waals surface area contributed by atoms with Gasteiger partial charge in [0.2, 0.25) is 0 Å². The fourth-order valence-corrected chi connectivity index (χ4v) is 4.10. The minimum Gasteiger partial charge on any atom is -0.507 e. The van der Waals surface area contributed by atoms with Crippen molar-refractivity contribution in [3.05, 3.63) is 76.4 Å². The first kappa shape index (κ1) is 22.8. The van der Waals surface area contributed by atoms with Gasteiger partial charge < -0.3 is 10.0 Å². The molecule has 1 amide bonds. The van der Waals surface area contributed by atoms with Crippen molar-refractivity contribution in [1.82, 2.24) is 4.90 Å². The van der Waals surface area contributed by atoms with Crippen LogP contribution in [0.5, 0.6) is 0 Å². The van der Waals surface area contributed by atoms with Gasteiger partial charge in [0, 0.05) is 12.1 Å². The van der Waals surface area contributed by atoms with Gasteiger partial charge in [-0.1, -0.05) is 94.1 Å². The summed E-state index contributed by atoms with van der Waals surface area (Å²) in [6.07, 6.45) is 4.05. The number of Topliss-reactive ketones (excluding diaryl/α,β-unsaturated/α-hetero) is 1. The van der Waals surface area contributed by atoms with Gasteiger partial charge >= 0.3 is 0 Å². The molecule has 1 saturated heterocycles. The molecule has 31 heavy (non-hydrogen) atoms. The lowest BCUT2D eigenvalue weighted by Gasteiger charge is -2.25. The number of carbonyl (C=O) groups is 2. The third-order valence-electron chi connectivity index (χ3n) is 6.04. The van der Waals surface area contributed by atoms with Crippen LogP contribution in [0, 0.1) is 6.92 Å². The fraction of sp³-hybridized carbons (Fsp3) is 0.407. The molecule has 0 radical (unpaired) electrons. The van der Waals surface area contributed by atoms with Crippen LogP contribution >= 0.6 is 0 Å². The number of ketones is 1. The predicted octanol–water partition coefficient (Wildman–Crippen LogP) is 6.12. The van der Waals surface area contributed by atoms with E-state index in [0.717, 1.165) is 36.8 Å². The van der Waals surface area contributed by atoms with Crippen LogP contribution < -0.4 is 0 Å². The second kappa shape index (κ2) is 9.95. The van der Waals surface area contributed by atoms with Crippen molar-refractivity contribution in [2.45, 2.75) is 65.3 Å². The number of hydrogen-bond acceptors (Lipinski definition) is 3. The minimum absolute atomic E-state index is 0.104. The molecule has 1 atom stereocenters. The molecule has 3 rings (SSSR count). The van der Waals surface area contributed by atoms with Gasteiger partial charge in [-0.2, -0.15) is 0 Å². The molecular weight excluding hydrogens is 386 g/mol. The molecule has 4 heteroatoms. The molecule has 2 aromatic carbocycles. The van der Waals surface area contributed by atoms with Gasteiger partial charge in [-0.15, -0.1) is 0 Å². The largest absolute Gasteiger partial charge is 0.507 e. The summed E-state index contributed by atoms with van der Waals surface area (Å²) >= 11 is 0. The Morgan fingerprint density at radius 2 is 1.61 bits per heavy atom. The summed E-state index contributed by atoms with van der Waals surface area (Å²) in [6.45, 7) is 8.88. The maximum atomic E-state index is 13.0. The van der Waals surface area contributed by atoms with Crippen molar-refractivity contribution in [3.63, 3.8) is 0 Å². The second-order valence-electron chi connectivity index (χ2n) is 8.74. The molecular formula is C27H33NO3. The Morgan fingerprint density at radius 1 is 0.968 bits per heavy atom. The maximum absolute atomic E-state index is 13.0. The van der Waals surface area contributed by atoms with Gasteiger partial charge in [-0.3, -0.25) is 9.59 Å². The highest BCUT2D eigenvalue weighted by Gasteiger charge is 2.45. The molecule has 0 saturated carbocycles. The molecule has 4 nitrogen and oxygen atoms in total. The monoisotopic (exact) mass is 419 g/mol. The van der Waals surface area contributed by atoms with Crippen LogP contribution in [0.2, 0.25) is 0 Å². The average Bonchev–Trinajstić information content (AvgIpc) is 3.01. The van der Waals surface area contributed by atoms with Crippen LogP contribution in [0.25, 0.3) is 5.76 Å². The van der Waals surface area contributed by atoms with Gasteiger partial charge in [0.25, 0.3) is 11.7 Å². The number of carbonyl (C=O) groups excluding carboxylic acids is 2. The van der Waals surface area contributed by atoms with E-state index in [-0.39, 0.29) is 11.3 Å². The summed E-state index contributed by atoms with van der Waals surface area (Å²) < 4.78 is 0. The number of aliphatic hydroxyl groups excluding tert-OH is 1. The topological polar surface area (TPSA) is 57.6 Å². The Balaban J connectivity index is 2.06. The Kier molecular flexibility index (Phi) is 7.32. The van der Waals surface area contributed by atoms with Crippen molar-refractivity contribution in [2.24, 2.45) is 0 Å². The second-order valence-corrected chi connectivity index (χ2v) is 8.74. The molecule has 2 aromatic rings. The fourth-order valence-electron chi connectivity index (χ4n) is 4.10. The standard InChI is InChI=1S/C27H33NO3/c1-5-6-7-8-17-28-24(21-15-13-20(14-16-21)18(2)3)23(26(30)27(28)31)25(29)22-11-9-19(4)10-12-22/h9-16,18,24,29H,5-8,17H2,1-4H3/b25-23+. The van der Waals surface area contributed by atoms with Crippen LogP contribution in [0.3, 0.4) is 0 Å². The highest BCUT2D eigenvalue weighted by Crippen LogP contribution is 2.40. The van der Waals surface area contributed by atoms with E-state index in [2.05, 4.69) is 20.8 Å². The van der Waals surface area contributed by atoms with Gasteiger partial charge in [-0.25, -0.2) is 0 Å². The van der Waals surface area contributed by atoms with Crippen molar-refractivity contribution >= 4 is 17.4 Å². The average molecular weight is 420 g/mol. The molecule has 0 aromatic heterocycles. The van der Waals surface area contributed by atoms with Gasteiger partial charge in [0.15, 0.2) is 0 Å². The number of amides is 1. The summed E-state index contributed by atoms with van der Waals surface area (Å²) in [7, 11) is 0. The first-order valence-corrected chi connectivity index (χ1v) is 11.3. The molecule has 0 bridgehead atoms. The van der Waals surface area contributed by atoms with Crippen LogP contribution in [-0.2, 0) is 9.59 Å². The maximum Gasteiger partial charge on any atom is 0.295 e. The molecule has 0 spiro atoms. The van der Waals surface area contributed by atoms with E-state index in [1.807, 2.05) is 43.3 Å². The van der Waals surface area contributed by atoms with E-state index in [9.17, 15) is 14.7 Å². The first-order chi connectivity index (χ1) is 14.8. The Labute approximate surface area is 185 Å². The molecule has 164 valence electrons. The Bertz CT molecular complexity index is 955. The molecule has 1 fully saturated rings. The van der Waals surface area contributed by atoms with E-state index in [1.54, 1.807) is 17.0 Å². The van der Waals surface area contributed by atoms with Crippen LogP contribution in [0.4, 0.5) is 0 Å². The van der Waals surface area contributed by atoms with Crippen molar-refractivity contribution in [1.29, 1.82) is 0 Å². The number of aliphatic hydroxyl groups is 1. The SMILES string of the molecule is CCCCCCN1C(=O)C(=O)/C(=C(/O)c2ccc(C)cc2)C1c1ccc(C(C)C)cc1. The number of likely N-dealkylation sites (tertiary alicyclic amines) is 1. The zero-order chi connectivity index (χ0) is 22.5. The molecule has 0 aliphatic carbocycles. The van der Waals surface area contributed by atoms with E-state index in [4.69, 9.17) is 0 Å². The number of aryl methyl sites for hydroxylation is 1.